The standard InChI is InChI=1S/C8H19NSi/c1-6-8(7-2)10(5)9(3)4/h6,10H,7H2,1-5H3. The fraction of sp³-hybridized carbons (Fsp3) is 0.750. The zero-order chi connectivity index (χ0) is 8.15. The summed E-state index contributed by atoms with van der Waals surface area (Å²) >= 11 is 0. The van der Waals surface area contributed by atoms with Gasteiger partial charge in [-0.3, -0.25) is 0 Å². The molecule has 0 fully saturated rings. The predicted octanol–water partition coefficient (Wildman–Crippen LogP) is 1.80. The van der Waals surface area contributed by atoms with Gasteiger partial charge in [0.05, 0.1) is 0 Å². The van der Waals surface area contributed by atoms with Gasteiger partial charge in [0.25, 0.3) is 0 Å². The Balaban J connectivity index is 4.03. The first kappa shape index (κ1) is 9.92. The van der Waals surface area contributed by atoms with Crippen molar-refractivity contribution in [3.63, 3.8) is 0 Å². The van der Waals surface area contributed by atoms with Crippen LogP contribution in [0.4, 0.5) is 0 Å². The van der Waals surface area contributed by atoms with Crippen molar-refractivity contribution < 1.29 is 0 Å². The molecule has 60 valence electrons. The van der Waals surface area contributed by atoms with Crippen LogP contribution in [0.1, 0.15) is 20.3 Å². The molecule has 1 unspecified atom stereocenters. The SMILES string of the molecule is CC=C(CC)[SiH](C)N(C)C. The molecule has 0 aliphatic carbocycles. The Morgan fingerprint density at radius 3 is 2.10 bits per heavy atom. The van der Waals surface area contributed by atoms with Gasteiger partial charge in [-0.15, -0.1) is 0 Å². The summed E-state index contributed by atoms with van der Waals surface area (Å²) in [4.78, 5) is 0. The van der Waals surface area contributed by atoms with E-state index in [1.54, 1.807) is 5.20 Å². The van der Waals surface area contributed by atoms with Gasteiger partial charge in [-0.25, -0.2) is 0 Å². The molecular weight excluding hydrogens is 138 g/mol. The molecule has 0 saturated carbocycles. The van der Waals surface area contributed by atoms with Crippen LogP contribution in [0.15, 0.2) is 11.3 Å². The molecule has 0 aliphatic rings. The molecule has 1 nitrogen and oxygen atoms in total. The smallest absolute Gasteiger partial charge is 0.135 e. The second kappa shape index (κ2) is 4.69. The average Bonchev–Trinajstić information content (AvgIpc) is 1.90. The van der Waals surface area contributed by atoms with Gasteiger partial charge in [0, 0.05) is 0 Å². The Labute approximate surface area is 66.4 Å². The van der Waals surface area contributed by atoms with Crippen LogP contribution in [-0.2, 0) is 0 Å². The highest BCUT2D eigenvalue weighted by Crippen LogP contribution is 2.06. The third-order valence-electron chi connectivity index (χ3n) is 2.09. The van der Waals surface area contributed by atoms with E-state index in [-0.39, 0.29) is 0 Å². The van der Waals surface area contributed by atoms with Crippen molar-refractivity contribution >= 4 is 8.96 Å². The Morgan fingerprint density at radius 2 is 2.00 bits per heavy atom. The molecule has 0 heterocycles. The van der Waals surface area contributed by atoms with E-state index in [1.165, 1.54) is 6.42 Å². The molecule has 0 aromatic carbocycles. The topological polar surface area (TPSA) is 3.24 Å². The van der Waals surface area contributed by atoms with Gasteiger partial charge in [-0.1, -0.05) is 24.7 Å². The minimum absolute atomic E-state index is 0.696. The zero-order valence-electron chi connectivity index (χ0n) is 7.81. The normalized spacial score (nSPS) is 16.0. The summed E-state index contributed by atoms with van der Waals surface area (Å²) in [6, 6.07) is 0. The lowest BCUT2D eigenvalue weighted by Crippen LogP contribution is -2.31. The van der Waals surface area contributed by atoms with Crippen LogP contribution in [0.5, 0.6) is 0 Å². The maximum atomic E-state index is 2.37. The van der Waals surface area contributed by atoms with Crippen molar-refractivity contribution in [1.82, 2.24) is 4.57 Å². The van der Waals surface area contributed by atoms with Crippen molar-refractivity contribution in [2.24, 2.45) is 0 Å². The van der Waals surface area contributed by atoms with Crippen LogP contribution in [-0.4, -0.2) is 27.6 Å². The minimum Gasteiger partial charge on any atom is -0.328 e. The lowest BCUT2D eigenvalue weighted by atomic mass is 10.4. The highest BCUT2D eigenvalue weighted by Gasteiger charge is 2.09. The van der Waals surface area contributed by atoms with Gasteiger partial charge in [0.15, 0.2) is 0 Å². The van der Waals surface area contributed by atoms with Crippen molar-refractivity contribution in [3.05, 3.63) is 11.3 Å². The molecule has 0 rings (SSSR count). The van der Waals surface area contributed by atoms with Crippen LogP contribution in [0.25, 0.3) is 0 Å². The Hall–Kier alpha value is -0.0831. The second-order valence-electron chi connectivity index (χ2n) is 2.86. The van der Waals surface area contributed by atoms with Gasteiger partial charge >= 0.3 is 0 Å². The van der Waals surface area contributed by atoms with Crippen LogP contribution in [0.2, 0.25) is 6.55 Å². The van der Waals surface area contributed by atoms with E-state index in [1.807, 2.05) is 0 Å². The van der Waals surface area contributed by atoms with Crippen LogP contribution in [0, 0.1) is 0 Å². The van der Waals surface area contributed by atoms with Gasteiger partial charge < -0.3 is 4.57 Å². The van der Waals surface area contributed by atoms with E-state index < -0.39 is 8.96 Å². The van der Waals surface area contributed by atoms with E-state index >= 15 is 0 Å². The van der Waals surface area contributed by atoms with Crippen LogP contribution >= 0.6 is 0 Å². The molecule has 0 aromatic heterocycles. The largest absolute Gasteiger partial charge is 0.328 e. The van der Waals surface area contributed by atoms with E-state index in [9.17, 15) is 0 Å². The van der Waals surface area contributed by atoms with Crippen LogP contribution in [0.3, 0.4) is 0 Å². The average molecular weight is 157 g/mol. The quantitative estimate of drug-likeness (QED) is 0.565. The van der Waals surface area contributed by atoms with Crippen molar-refractivity contribution in [2.45, 2.75) is 26.8 Å². The first-order chi connectivity index (χ1) is 4.63. The summed E-state index contributed by atoms with van der Waals surface area (Å²) < 4.78 is 2.37. The first-order valence-corrected chi connectivity index (χ1v) is 6.19. The molecule has 0 spiro atoms. The van der Waals surface area contributed by atoms with Crippen molar-refractivity contribution in [3.8, 4) is 0 Å². The molecule has 0 bridgehead atoms. The predicted molar refractivity (Wildman–Crippen MR) is 50.7 cm³/mol. The Morgan fingerprint density at radius 1 is 1.50 bits per heavy atom. The van der Waals surface area contributed by atoms with Gasteiger partial charge in [0.2, 0.25) is 0 Å². The molecule has 1 atom stereocenters. The molecular formula is C8H19NSi. The minimum atomic E-state index is -0.696. The maximum Gasteiger partial charge on any atom is 0.135 e. The molecule has 0 radical (unpaired) electrons. The maximum absolute atomic E-state index is 2.37. The zero-order valence-corrected chi connectivity index (χ0v) is 8.96. The summed E-state index contributed by atoms with van der Waals surface area (Å²) in [5.74, 6) is 0. The van der Waals surface area contributed by atoms with Gasteiger partial charge in [0.1, 0.15) is 8.96 Å². The summed E-state index contributed by atoms with van der Waals surface area (Å²) in [5.41, 5.74) is 0. The number of rotatable bonds is 3. The highest BCUT2D eigenvalue weighted by atomic mass is 28.3. The molecule has 2 heteroatoms. The van der Waals surface area contributed by atoms with Crippen LogP contribution < -0.4 is 0 Å². The van der Waals surface area contributed by atoms with E-state index in [4.69, 9.17) is 0 Å². The fourth-order valence-electron chi connectivity index (χ4n) is 1.07. The lowest BCUT2D eigenvalue weighted by molar-refractivity contribution is 0.646. The lowest BCUT2D eigenvalue weighted by Gasteiger charge is -2.20. The Bertz CT molecular complexity index is 118. The third-order valence-corrected chi connectivity index (χ3v) is 5.45. The van der Waals surface area contributed by atoms with E-state index in [0.29, 0.717) is 0 Å². The molecule has 0 aliphatic heterocycles. The highest BCUT2D eigenvalue weighted by molar-refractivity contribution is 6.62. The van der Waals surface area contributed by atoms with Crippen molar-refractivity contribution in [1.29, 1.82) is 0 Å². The Kier molecular flexibility index (Phi) is 4.65. The van der Waals surface area contributed by atoms with Gasteiger partial charge in [-0.2, -0.15) is 0 Å². The van der Waals surface area contributed by atoms with Crippen molar-refractivity contribution in [2.75, 3.05) is 14.1 Å². The first-order valence-electron chi connectivity index (χ1n) is 3.95. The summed E-state index contributed by atoms with van der Waals surface area (Å²) in [6.07, 6.45) is 3.50. The molecule has 0 N–H and O–H groups in total. The molecule has 0 saturated heterocycles. The second-order valence-corrected chi connectivity index (χ2v) is 5.98. The summed E-state index contributed by atoms with van der Waals surface area (Å²) in [7, 11) is 3.66. The fourth-order valence-corrected chi connectivity index (χ4v) is 2.81. The van der Waals surface area contributed by atoms with E-state index in [2.05, 4.69) is 45.1 Å². The number of nitrogens with zero attached hydrogens (tertiary/aromatic N) is 1. The number of hydrogen-bond acceptors (Lipinski definition) is 1. The summed E-state index contributed by atoms with van der Waals surface area (Å²) in [6.45, 7) is 6.76. The molecule has 10 heavy (non-hydrogen) atoms. The van der Waals surface area contributed by atoms with E-state index in [0.717, 1.165) is 0 Å². The third kappa shape index (κ3) is 2.67. The number of allylic oxidation sites excluding steroid dienone is 2. The van der Waals surface area contributed by atoms with Gasteiger partial charge in [-0.05, 0) is 27.4 Å². The number of hydrogen-bond donors (Lipinski definition) is 0. The summed E-state index contributed by atoms with van der Waals surface area (Å²) in [5, 5.41) is 1.66. The molecule has 0 amide bonds. The monoisotopic (exact) mass is 157 g/mol. The molecule has 0 aromatic rings.